The van der Waals surface area contributed by atoms with E-state index in [4.69, 9.17) is 16.3 Å². The molecule has 0 atom stereocenters. The topological polar surface area (TPSA) is 87.7 Å². The van der Waals surface area contributed by atoms with Crippen LogP contribution in [0, 0.1) is 12.8 Å². The molecule has 178 valence electrons. The Morgan fingerprint density at radius 3 is 2.68 bits per heavy atom. The van der Waals surface area contributed by atoms with Crippen molar-refractivity contribution in [3.63, 3.8) is 0 Å². The van der Waals surface area contributed by atoms with Crippen molar-refractivity contribution in [2.24, 2.45) is 5.92 Å². The van der Waals surface area contributed by atoms with E-state index in [0.29, 0.717) is 68.5 Å². The van der Waals surface area contributed by atoms with Crippen molar-refractivity contribution in [2.75, 3.05) is 49.6 Å². The fourth-order valence-corrected chi connectivity index (χ4v) is 5.58. The first-order valence-corrected chi connectivity index (χ1v) is 12.6. The van der Waals surface area contributed by atoms with E-state index in [-0.39, 0.29) is 17.7 Å². The summed E-state index contributed by atoms with van der Waals surface area (Å²) >= 11 is 7.39. The number of hydrogen-bond acceptors (Lipinski definition) is 7. The van der Waals surface area contributed by atoms with Gasteiger partial charge >= 0.3 is 0 Å². The number of piperidine rings is 1. The van der Waals surface area contributed by atoms with Gasteiger partial charge in [-0.15, -0.1) is 0 Å². The summed E-state index contributed by atoms with van der Waals surface area (Å²) in [4.78, 5) is 35.7. The SMILES string of the molecule is Cc1nsc2ncc(C(=O)N3CCOCC3)c(N3CCC(C(=O)Nc4cccc(Cl)c4)CC3)c12. The molecule has 2 aliphatic rings. The summed E-state index contributed by atoms with van der Waals surface area (Å²) in [5, 5.41) is 4.51. The summed E-state index contributed by atoms with van der Waals surface area (Å²) in [5.74, 6) is -0.133. The van der Waals surface area contributed by atoms with Gasteiger partial charge in [0, 0.05) is 49.0 Å². The van der Waals surface area contributed by atoms with Crippen molar-refractivity contribution >= 4 is 56.5 Å². The van der Waals surface area contributed by atoms with Crippen LogP contribution < -0.4 is 10.2 Å². The van der Waals surface area contributed by atoms with Crippen LogP contribution in [0.2, 0.25) is 5.02 Å². The van der Waals surface area contributed by atoms with Gasteiger partial charge < -0.3 is 19.9 Å². The van der Waals surface area contributed by atoms with Gasteiger partial charge in [-0.2, -0.15) is 4.37 Å². The van der Waals surface area contributed by atoms with Crippen LogP contribution in [-0.4, -0.2) is 65.5 Å². The number of rotatable bonds is 4. The maximum atomic E-state index is 13.5. The van der Waals surface area contributed by atoms with E-state index in [1.165, 1.54) is 11.5 Å². The first-order chi connectivity index (χ1) is 16.5. The smallest absolute Gasteiger partial charge is 0.257 e. The predicted octanol–water partition coefficient (Wildman–Crippen LogP) is 3.98. The predicted molar refractivity (Wildman–Crippen MR) is 134 cm³/mol. The van der Waals surface area contributed by atoms with E-state index in [1.807, 2.05) is 24.0 Å². The highest BCUT2D eigenvalue weighted by Crippen LogP contribution is 2.37. The summed E-state index contributed by atoms with van der Waals surface area (Å²) in [6.45, 7) is 5.53. The number of carbonyl (C=O) groups is 2. The average Bonchev–Trinajstić information content (AvgIpc) is 3.24. The molecule has 0 unspecified atom stereocenters. The lowest BCUT2D eigenvalue weighted by molar-refractivity contribution is -0.120. The standard InChI is InChI=1S/C24H26ClN5O3S/c1-15-20-21(19(14-26-23(20)34-28-15)24(32)30-9-11-33-12-10-30)29-7-5-16(6-8-29)22(31)27-18-4-2-3-17(25)13-18/h2-4,13-14,16H,5-12H2,1H3,(H,27,31). The number of benzene rings is 1. The van der Waals surface area contributed by atoms with Crippen molar-refractivity contribution in [1.82, 2.24) is 14.3 Å². The summed E-state index contributed by atoms with van der Waals surface area (Å²) in [5.41, 5.74) is 3.06. The molecule has 34 heavy (non-hydrogen) atoms. The van der Waals surface area contributed by atoms with Gasteiger partial charge in [0.15, 0.2) is 0 Å². The molecule has 10 heteroatoms. The Hall–Kier alpha value is -2.75. The molecule has 2 saturated heterocycles. The molecule has 1 N–H and O–H groups in total. The van der Waals surface area contributed by atoms with E-state index < -0.39 is 0 Å². The lowest BCUT2D eigenvalue weighted by Gasteiger charge is -2.35. The number of halogens is 1. The number of hydrogen-bond donors (Lipinski definition) is 1. The second kappa shape index (κ2) is 9.85. The first-order valence-electron chi connectivity index (χ1n) is 11.4. The van der Waals surface area contributed by atoms with E-state index in [1.54, 1.807) is 18.3 Å². The van der Waals surface area contributed by atoms with Crippen LogP contribution in [0.25, 0.3) is 10.2 Å². The highest BCUT2D eigenvalue weighted by atomic mass is 35.5. The van der Waals surface area contributed by atoms with Gasteiger partial charge in [-0.05, 0) is 49.5 Å². The maximum Gasteiger partial charge on any atom is 0.257 e. The molecule has 0 bridgehead atoms. The number of carbonyl (C=O) groups excluding carboxylic acids is 2. The third-order valence-electron chi connectivity index (χ3n) is 6.45. The van der Waals surface area contributed by atoms with Gasteiger partial charge in [0.25, 0.3) is 5.91 Å². The van der Waals surface area contributed by atoms with Gasteiger partial charge in [-0.3, -0.25) is 9.59 Å². The number of pyridine rings is 1. The summed E-state index contributed by atoms with van der Waals surface area (Å²) in [7, 11) is 0. The van der Waals surface area contributed by atoms with E-state index in [0.717, 1.165) is 21.6 Å². The van der Waals surface area contributed by atoms with Crippen LogP contribution in [0.4, 0.5) is 11.4 Å². The monoisotopic (exact) mass is 499 g/mol. The van der Waals surface area contributed by atoms with Crippen molar-refractivity contribution in [3.8, 4) is 0 Å². The largest absolute Gasteiger partial charge is 0.378 e. The number of amides is 2. The van der Waals surface area contributed by atoms with Crippen LogP contribution >= 0.6 is 23.1 Å². The molecule has 0 spiro atoms. The second-order valence-corrected chi connectivity index (χ2v) is 9.82. The number of anilines is 2. The Morgan fingerprint density at radius 2 is 1.94 bits per heavy atom. The Kier molecular flexibility index (Phi) is 6.67. The minimum Gasteiger partial charge on any atom is -0.378 e. The van der Waals surface area contributed by atoms with Crippen molar-refractivity contribution < 1.29 is 14.3 Å². The lowest BCUT2D eigenvalue weighted by atomic mass is 9.94. The van der Waals surface area contributed by atoms with Crippen LogP contribution in [-0.2, 0) is 9.53 Å². The Morgan fingerprint density at radius 1 is 1.18 bits per heavy atom. The van der Waals surface area contributed by atoms with Gasteiger partial charge in [0.2, 0.25) is 5.91 Å². The fraction of sp³-hybridized carbons (Fsp3) is 0.417. The van der Waals surface area contributed by atoms with Gasteiger partial charge in [0.1, 0.15) is 4.83 Å². The zero-order valence-electron chi connectivity index (χ0n) is 18.9. The molecule has 0 saturated carbocycles. The van der Waals surface area contributed by atoms with Gasteiger partial charge in [-0.25, -0.2) is 4.98 Å². The third kappa shape index (κ3) is 4.60. The van der Waals surface area contributed by atoms with Gasteiger partial charge in [-0.1, -0.05) is 17.7 Å². The number of ether oxygens (including phenoxy) is 1. The number of fused-ring (bicyclic) bond motifs is 1. The molecule has 8 nitrogen and oxygen atoms in total. The van der Waals surface area contributed by atoms with Crippen LogP contribution in [0.5, 0.6) is 0 Å². The molecule has 0 aliphatic carbocycles. The molecule has 1 aromatic carbocycles. The number of nitrogens with zero attached hydrogens (tertiary/aromatic N) is 4. The maximum absolute atomic E-state index is 13.5. The Labute approximate surface area is 207 Å². The van der Waals surface area contributed by atoms with Crippen LogP contribution in [0.15, 0.2) is 30.5 Å². The molecular formula is C24H26ClN5O3S. The molecule has 4 heterocycles. The van der Waals surface area contributed by atoms with E-state index in [2.05, 4.69) is 19.6 Å². The van der Waals surface area contributed by atoms with Crippen molar-refractivity contribution in [2.45, 2.75) is 19.8 Å². The quantitative estimate of drug-likeness (QED) is 0.584. The van der Waals surface area contributed by atoms with E-state index >= 15 is 0 Å². The first kappa shape index (κ1) is 23.0. The van der Waals surface area contributed by atoms with Crippen molar-refractivity contribution in [1.29, 1.82) is 0 Å². The van der Waals surface area contributed by atoms with Crippen LogP contribution in [0.1, 0.15) is 28.9 Å². The van der Waals surface area contributed by atoms with Crippen molar-refractivity contribution in [3.05, 3.63) is 46.7 Å². The molecular weight excluding hydrogens is 474 g/mol. The molecule has 2 fully saturated rings. The zero-order chi connectivity index (χ0) is 23.7. The third-order valence-corrected chi connectivity index (χ3v) is 7.53. The Bertz CT molecular complexity index is 1220. The molecule has 2 amide bonds. The number of aryl methyl sites for hydroxylation is 1. The average molecular weight is 500 g/mol. The van der Waals surface area contributed by atoms with E-state index in [9.17, 15) is 9.59 Å². The number of aromatic nitrogens is 2. The normalized spacial score (nSPS) is 17.2. The fourth-order valence-electron chi connectivity index (χ4n) is 4.64. The lowest BCUT2D eigenvalue weighted by Crippen LogP contribution is -2.42. The zero-order valence-corrected chi connectivity index (χ0v) is 20.5. The molecule has 3 aromatic rings. The highest BCUT2D eigenvalue weighted by molar-refractivity contribution is 7.13. The minimum atomic E-state index is -0.104. The molecule has 5 rings (SSSR count). The number of nitrogens with one attached hydrogen (secondary N) is 1. The minimum absolute atomic E-state index is 0.000195. The number of morpholine rings is 1. The summed E-state index contributed by atoms with van der Waals surface area (Å²) in [6.07, 6.45) is 3.07. The highest BCUT2D eigenvalue weighted by Gasteiger charge is 2.31. The second-order valence-electron chi connectivity index (χ2n) is 8.63. The summed E-state index contributed by atoms with van der Waals surface area (Å²) < 4.78 is 9.91. The van der Waals surface area contributed by atoms with Gasteiger partial charge in [0.05, 0.1) is 35.5 Å². The van der Waals surface area contributed by atoms with Crippen LogP contribution in [0.3, 0.4) is 0 Å². The summed E-state index contributed by atoms with van der Waals surface area (Å²) in [6, 6.07) is 7.18. The molecule has 2 aromatic heterocycles. The Balaban J connectivity index is 1.37. The molecule has 0 radical (unpaired) electrons. The molecule has 2 aliphatic heterocycles.